The number of aromatic nitrogens is 2. The molecule has 32 heavy (non-hydrogen) atoms. The Kier molecular flexibility index (Phi) is 7.69. The molecule has 2 N–H and O–H groups in total. The maximum absolute atomic E-state index is 13.0. The van der Waals surface area contributed by atoms with Gasteiger partial charge in [-0.15, -0.1) is 0 Å². The molecule has 0 saturated carbocycles. The number of ether oxygens (including phenoxy) is 2. The number of morpholine rings is 2. The topological polar surface area (TPSA) is 120 Å². The molecule has 0 aliphatic carbocycles. The van der Waals surface area contributed by atoms with Crippen LogP contribution in [0.5, 0.6) is 0 Å². The summed E-state index contributed by atoms with van der Waals surface area (Å²) in [5.41, 5.74) is 6.78. The van der Waals surface area contributed by atoms with Gasteiger partial charge >= 0.3 is 0 Å². The molecular formula is C20H29N5O5S2. The van der Waals surface area contributed by atoms with Crippen molar-refractivity contribution in [3.63, 3.8) is 0 Å². The summed E-state index contributed by atoms with van der Waals surface area (Å²) >= 11 is 1.28. The van der Waals surface area contributed by atoms with Gasteiger partial charge in [0.15, 0.2) is 5.16 Å². The number of carbonyl (C=O) groups excluding carboxylic acids is 1. The summed E-state index contributed by atoms with van der Waals surface area (Å²) < 4.78 is 40.2. The Labute approximate surface area is 192 Å². The van der Waals surface area contributed by atoms with Crippen molar-refractivity contribution < 1.29 is 22.7 Å². The third-order valence-corrected chi connectivity index (χ3v) is 8.49. The summed E-state index contributed by atoms with van der Waals surface area (Å²) in [5.74, 6) is -0.302. The highest BCUT2D eigenvalue weighted by Gasteiger charge is 2.27. The van der Waals surface area contributed by atoms with E-state index in [0.29, 0.717) is 43.5 Å². The fourth-order valence-corrected chi connectivity index (χ4v) is 6.13. The van der Waals surface area contributed by atoms with Crippen molar-refractivity contribution in [3.05, 3.63) is 18.2 Å². The zero-order valence-electron chi connectivity index (χ0n) is 17.9. The van der Waals surface area contributed by atoms with Crippen LogP contribution in [-0.2, 0) is 30.8 Å². The zero-order chi connectivity index (χ0) is 22.6. The molecule has 10 nitrogen and oxygen atoms in total. The van der Waals surface area contributed by atoms with E-state index in [0.717, 1.165) is 44.8 Å². The summed E-state index contributed by atoms with van der Waals surface area (Å²) in [6.45, 7) is 6.50. The number of carbonyl (C=O) groups is 1. The second-order valence-corrected chi connectivity index (χ2v) is 10.7. The molecule has 3 heterocycles. The van der Waals surface area contributed by atoms with Crippen LogP contribution in [0.1, 0.15) is 6.42 Å². The van der Waals surface area contributed by atoms with E-state index in [9.17, 15) is 13.2 Å². The highest BCUT2D eigenvalue weighted by molar-refractivity contribution is 7.99. The molecule has 2 aromatic rings. The maximum Gasteiger partial charge on any atom is 0.243 e. The summed E-state index contributed by atoms with van der Waals surface area (Å²) in [7, 11) is -3.61. The highest BCUT2D eigenvalue weighted by Crippen LogP contribution is 2.28. The van der Waals surface area contributed by atoms with Crippen LogP contribution in [-0.4, -0.2) is 98.0 Å². The standard InChI is InChI=1S/C20H29N5O5S2/c21-19(26)15-31-20-22-17-14-16(32(27,28)24-8-12-30-13-9-24)2-3-18(17)25(20)5-1-4-23-6-10-29-11-7-23/h2-3,14H,1,4-13,15H2,(H2,21,26). The molecule has 2 aliphatic heterocycles. The summed E-state index contributed by atoms with van der Waals surface area (Å²) in [5, 5.41) is 0.668. The van der Waals surface area contributed by atoms with Gasteiger partial charge in [-0.05, 0) is 24.6 Å². The molecular weight excluding hydrogens is 454 g/mol. The average molecular weight is 484 g/mol. The fourth-order valence-electron chi connectivity index (χ4n) is 3.92. The molecule has 12 heteroatoms. The first-order valence-corrected chi connectivity index (χ1v) is 13.2. The number of sulfonamides is 1. The molecule has 4 rings (SSSR count). The molecule has 2 aliphatic rings. The van der Waals surface area contributed by atoms with E-state index in [1.807, 2.05) is 0 Å². The average Bonchev–Trinajstić information content (AvgIpc) is 3.16. The van der Waals surface area contributed by atoms with Crippen LogP contribution < -0.4 is 5.73 Å². The minimum atomic E-state index is -3.61. The van der Waals surface area contributed by atoms with Crippen molar-refractivity contribution in [2.45, 2.75) is 23.0 Å². The number of rotatable bonds is 9. The van der Waals surface area contributed by atoms with Crippen molar-refractivity contribution in [2.24, 2.45) is 5.73 Å². The number of hydrogen-bond acceptors (Lipinski definition) is 8. The van der Waals surface area contributed by atoms with Gasteiger partial charge < -0.3 is 19.8 Å². The van der Waals surface area contributed by atoms with Crippen LogP contribution in [0.3, 0.4) is 0 Å². The van der Waals surface area contributed by atoms with Crippen LogP contribution in [0.25, 0.3) is 11.0 Å². The molecule has 0 bridgehead atoms. The molecule has 0 radical (unpaired) electrons. The Bertz CT molecular complexity index is 1050. The van der Waals surface area contributed by atoms with Gasteiger partial charge in [-0.2, -0.15) is 4.31 Å². The number of imidazole rings is 1. The van der Waals surface area contributed by atoms with Crippen molar-refractivity contribution in [3.8, 4) is 0 Å². The van der Waals surface area contributed by atoms with E-state index in [1.165, 1.54) is 16.1 Å². The lowest BCUT2D eigenvalue weighted by molar-refractivity contribution is -0.115. The zero-order valence-corrected chi connectivity index (χ0v) is 19.6. The third kappa shape index (κ3) is 5.43. The minimum Gasteiger partial charge on any atom is -0.379 e. The largest absolute Gasteiger partial charge is 0.379 e. The predicted octanol–water partition coefficient (Wildman–Crippen LogP) is 0.357. The molecule has 1 aromatic heterocycles. The normalized spacial score (nSPS) is 18.9. The molecule has 1 aromatic carbocycles. The minimum absolute atomic E-state index is 0.117. The van der Waals surface area contributed by atoms with Crippen LogP contribution >= 0.6 is 11.8 Å². The number of benzene rings is 1. The Balaban J connectivity index is 1.57. The van der Waals surface area contributed by atoms with E-state index in [4.69, 9.17) is 15.2 Å². The van der Waals surface area contributed by atoms with E-state index in [1.54, 1.807) is 18.2 Å². The molecule has 176 valence electrons. The van der Waals surface area contributed by atoms with Gasteiger partial charge in [0.1, 0.15) is 0 Å². The lowest BCUT2D eigenvalue weighted by atomic mass is 10.3. The van der Waals surface area contributed by atoms with Gasteiger partial charge in [0.2, 0.25) is 15.9 Å². The van der Waals surface area contributed by atoms with Gasteiger partial charge in [-0.3, -0.25) is 9.69 Å². The number of nitrogens with zero attached hydrogens (tertiary/aromatic N) is 4. The van der Waals surface area contributed by atoms with Gasteiger partial charge in [0.05, 0.1) is 48.1 Å². The van der Waals surface area contributed by atoms with Crippen LogP contribution in [0.2, 0.25) is 0 Å². The molecule has 2 saturated heterocycles. The van der Waals surface area contributed by atoms with Crippen molar-refractivity contribution in [1.29, 1.82) is 0 Å². The van der Waals surface area contributed by atoms with E-state index < -0.39 is 15.9 Å². The Morgan fingerprint density at radius 1 is 1.06 bits per heavy atom. The van der Waals surface area contributed by atoms with Gasteiger partial charge in [0.25, 0.3) is 0 Å². The SMILES string of the molecule is NC(=O)CSc1nc2cc(S(=O)(=O)N3CCOCC3)ccc2n1CCCN1CCOCC1. The smallest absolute Gasteiger partial charge is 0.243 e. The Hall–Kier alpha value is -1.70. The molecule has 1 amide bonds. The van der Waals surface area contributed by atoms with Crippen LogP contribution in [0.4, 0.5) is 0 Å². The number of primary amides is 1. The highest BCUT2D eigenvalue weighted by atomic mass is 32.2. The number of amides is 1. The van der Waals surface area contributed by atoms with Gasteiger partial charge in [-0.1, -0.05) is 11.8 Å². The second kappa shape index (κ2) is 10.5. The van der Waals surface area contributed by atoms with Crippen LogP contribution in [0, 0.1) is 0 Å². The first kappa shape index (κ1) is 23.5. The van der Waals surface area contributed by atoms with E-state index in [2.05, 4.69) is 14.5 Å². The molecule has 2 fully saturated rings. The Morgan fingerprint density at radius 2 is 1.75 bits per heavy atom. The molecule has 0 unspecified atom stereocenters. The number of aryl methyl sites for hydroxylation is 1. The van der Waals surface area contributed by atoms with E-state index in [-0.39, 0.29) is 10.6 Å². The monoisotopic (exact) mass is 483 g/mol. The second-order valence-electron chi connectivity index (χ2n) is 7.78. The maximum atomic E-state index is 13.0. The lowest BCUT2D eigenvalue weighted by Crippen LogP contribution is -2.40. The fraction of sp³-hybridized carbons (Fsp3) is 0.600. The summed E-state index contributed by atoms with van der Waals surface area (Å²) in [4.78, 5) is 18.6. The van der Waals surface area contributed by atoms with E-state index >= 15 is 0 Å². The van der Waals surface area contributed by atoms with Crippen molar-refractivity contribution in [1.82, 2.24) is 18.8 Å². The number of fused-ring (bicyclic) bond motifs is 1. The summed E-state index contributed by atoms with van der Waals surface area (Å²) in [6, 6.07) is 5.06. The Morgan fingerprint density at radius 3 is 2.44 bits per heavy atom. The first-order chi connectivity index (χ1) is 15.4. The lowest BCUT2D eigenvalue weighted by Gasteiger charge is -2.26. The predicted molar refractivity (Wildman–Crippen MR) is 121 cm³/mol. The number of hydrogen-bond donors (Lipinski definition) is 1. The first-order valence-electron chi connectivity index (χ1n) is 10.7. The van der Waals surface area contributed by atoms with Crippen molar-refractivity contribution >= 4 is 38.7 Å². The quantitative estimate of drug-likeness (QED) is 0.508. The van der Waals surface area contributed by atoms with Gasteiger partial charge in [0, 0.05) is 39.3 Å². The molecule has 0 atom stereocenters. The van der Waals surface area contributed by atoms with Crippen molar-refractivity contribution in [2.75, 3.05) is 64.9 Å². The van der Waals surface area contributed by atoms with Gasteiger partial charge in [-0.25, -0.2) is 13.4 Å². The molecule has 0 spiro atoms. The van der Waals surface area contributed by atoms with Crippen LogP contribution in [0.15, 0.2) is 28.3 Å². The number of nitrogens with two attached hydrogens (primary N) is 1. The third-order valence-electron chi connectivity index (χ3n) is 5.60. The number of thioether (sulfide) groups is 1. The summed E-state index contributed by atoms with van der Waals surface area (Å²) in [6.07, 6.45) is 0.906.